The van der Waals surface area contributed by atoms with Crippen molar-refractivity contribution >= 4 is 17.9 Å². The number of carboxylic acids is 1. The first-order valence-corrected chi connectivity index (χ1v) is 6.48. The van der Waals surface area contributed by atoms with Gasteiger partial charge in [0.25, 0.3) is 0 Å². The van der Waals surface area contributed by atoms with Gasteiger partial charge in [0.1, 0.15) is 6.54 Å². The first-order valence-electron chi connectivity index (χ1n) is 6.48. The molecular weight excluding hydrogens is 274 g/mol. The molecule has 1 unspecified atom stereocenters. The SMILES string of the molecule is Cc1ccccc1C(C)NC(=O)NCC(=O)NCC(=O)O. The Kier molecular flexibility index (Phi) is 6.19. The molecule has 1 aromatic carbocycles. The van der Waals surface area contributed by atoms with Crippen LogP contribution in [0.25, 0.3) is 0 Å². The van der Waals surface area contributed by atoms with Gasteiger partial charge in [0.2, 0.25) is 5.91 Å². The zero-order valence-electron chi connectivity index (χ0n) is 12.0. The largest absolute Gasteiger partial charge is 0.480 e. The van der Waals surface area contributed by atoms with Gasteiger partial charge >= 0.3 is 12.0 Å². The van der Waals surface area contributed by atoms with Crippen LogP contribution in [0.5, 0.6) is 0 Å². The summed E-state index contributed by atoms with van der Waals surface area (Å²) in [6.07, 6.45) is 0. The summed E-state index contributed by atoms with van der Waals surface area (Å²) < 4.78 is 0. The molecule has 4 N–H and O–H groups in total. The highest BCUT2D eigenvalue weighted by Crippen LogP contribution is 2.16. The van der Waals surface area contributed by atoms with E-state index >= 15 is 0 Å². The van der Waals surface area contributed by atoms with Crippen LogP contribution < -0.4 is 16.0 Å². The van der Waals surface area contributed by atoms with Gasteiger partial charge in [-0.2, -0.15) is 0 Å². The lowest BCUT2D eigenvalue weighted by molar-refractivity contribution is -0.137. The fourth-order valence-corrected chi connectivity index (χ4v) is 1.80. The van der Waals surface area contributed by atoms with Crippen LogP contribution in [0.15, 0.2) is 24.3 Å². The number of benzene rings is 1. The fraction of sp³-hybridized carbons (Fsp3) is 0.357. The molecule has 0 aliphatic rings. The average molecular weight is 293 g/mol. The van der Waals surface area contributed by atoms with Gasteiger partial charge in [-0.05, 0) is 25.0 Å². The maximum atomic E-state index is 11.7. The van der Waals surface area contributed by atoms with Gasteiger partial charge in [0, 0.05) is 0 Å². The minimum Gasteiger partial charge on any atom is -0.480 e. The van der Waals surface area contributed by atoms with E-state index in [-0.39, 0.29) is 12.6 Å². The van der Waals surface area contributed by atoms with Crippen molar-refractivity contribution < 1.29 is 19.5 Å². The fourth-order valence-electron chi connectivity index (χ4n) is 1.80. The molecule has 0 heterocycles. The summed E-state index contributed by atoms with van der Waals surface area (Å²) in [6.45, 7) is 3.04. The maximum absolute atomic E-state index is 11.7. The first-order chi connectivity index (χ1) is 9.90. The Labute approximate surface area is 122 Å². The van der Waals surface area contributed by atoms with E-state index in [4.69, 9.17) is 5.11 Å². The third-order valence-electron chi connectivity index (χ3n) is 2.85. The number of carbonyl (C=O) groups excluding carboxylic acids is 2. The third-order valence-corrected chi connectivity index (χ3v) is 2.85. The Bertz CT molecular complexity index is 531. The van der Waals surface area contributed by atoms with E-state index in [2.05, 4.69) is 16.0 Å². The average Bonchev–Trinajstić information content (AvgIpc) is 2.43. The Morgan fingerprint density at radius 1 is 1.14 bits per heavy atom. The second-order valence-corrected chi connectivity index (χ2v) is 4.58. The monoisotopic (exact) mass is 293 g/mol. The first kappa shape index (κ1) is 16.5. The summed E-state index contributed by atoms with van der Waals surface area (Å²) in [5.74, 6) is -1.70. The molecule has 0 radical (unpaired) electrons. The zero-order valence-corrected chi connectivity index (χ0v) is 12.0. The van der Waals surface area contributed by atoms with Gasteiger partial charge in [0.05, 0.1) is 12.6 Å². The van der Waals surface area contributed by atoms with Crippen molar-refractivity contribution in [2.24, 2.45) is 0 Å². The molecule has 0 saturated heterocycles. The van der Waals surface area contributed by atoms with E-state index in [1.165, 1.54) is 0 Å². The predicted molar refractivity (Wildman–Crippen MR) is 76.8 cm³/mol. The molecule has 7 heteroatoms. The number of nitrogens with one attached hydrogen (secondary N) is 3. The molecule has 3 amide bonds. The number of rotatable bonds is 6. The van der Waals surface area contributed by atoms with Crippen molar-refractivity contribution in [2.45, 2.75) is 19.9 Å². The van der Waals surface area contributed by atoms with Crippen LogP contribution in [-0.2, 0) is 9.59 Å². The van der Waals surface area contributed by atoms with Crippen molar-refractivity contribution in [3.63, 3.8) is 0 Å². The van der Waals surface area contributed by atoms with E-state index in [1.54, 1.807) is 0 Å². The molecule has 0 aromatic heterocycles. The summed E-state index contributed by atoms with van der Waals surface area (Å²) in [7, 11) is 0. The van der Waals surface area contributed by atoms with Gasteiger partial charge in [-0.1, -0.05) is 24.3 Å². The summed E-state index contributed by atoms with van der Waals surface area (Å²) in [4.78, 5) is 33.2. The van der Waals surface area contributed by atoms with Gasteiger partial charge < -0.3 is 21.1 Å². The molecular formula is C14H19N3O4. The van der Waals surface area contributed by atoms with Crippen LogP contribution in [0, 0.1) is 6.92 Å². The Hall–Kier alpha value is -2.57. The van der Waals surface area contributed by atoms with Gasteiger partial charge in [-0.3, -0.25) is 9.59 Å². The maximum Gasteiger partial charge on any atom is 0.322 e. The molecule has 1 aromatic rings. The number of carbonyl (C=O) groups is 3. The van der Waals surface area contributed by atoms with Crippen molar-refractivity contribution in [1.29, 1.82) is 0 Å². The topological polar surface area (TPSA) is 108 Å². The van der Waals surface area contributed by atoms with E-state index in [0.717, 1.165) is 11.1 Å². The molecule has 0 spiro atoms. The molecule has 0 saturated carbocycles. The number of aryl methyl sites for hydroxylation is 1. The third kappa shape index (κ3) is 5.94. The molecule has 0 aliphatic carbocycles. The standard InChI is InChI=1S/C14H19N3O4/c1-9-5-3-4-6-11(9)10(2)17-14(21)16-7-12(18)15-8-13(19)20/h3-6,10H,7-8H2,1-2H3,(H,15,18)(H,19,20)(H2,16,17,21). The summed E-state index contributed by atoms with van der Waals surface area (Å²) in [6, 6.07) is 6.98. The van der Waals surface area contributed by atoms with Crippen molar-refractivity contribution in [2.75, 3.05) is 13.1 Å². The van der Waals surface area contributed by atoms with E-state index in [1.807, 2.05) is 38.1 Å². The number of aliphatic carboxylic acids is 1. The highest BCUT2D eigenvalue weighted by Gasteiger charge is 2.12. The van der Waals surface area contributed by atoms with Crippen LogP contribution in [0.4, 0.5) is 4.79 Å². The molecule has 1 rings (SSSR count). The lowest BCUT2D eigenvalue weighted by Gasteiger charge is -2.16. The minimum atomic E-state index is -1.14. The normalized spacial score (nSPS) is 11.3. The highest BCUT2D eigenvalue weighted by molar-refractivity contribution is 5.86. The van der Waals surface area contributed by atoms with E-state index in [9.17, 15) is 14.4 Å². The summed E-state index contributed by atoms with van der Waals surface area (Å²) in [5, 5.41) is 15.6. The Morgan fingerprint density at radius 3 is 2.43 bits per heavy atom. The highest BCUT2D eigenvalue weighted by atomic mass is 16.4. The molecule has 7 nitrogen and oxygen atoms in total. The number of amides is 3. The predicted octanol–water partition coefficient (Wildman–Crippen LogP) is 0.556. The quantitative estimate of drug-likeness (QED) is 0.614. The smallest absolute Gasteiger partial charge is 0.322 e. The number of urea groups is 1. The summed E-state index contributed by atoms with van der Waals surface area (Å²) >= 11 is 0. The number of hydrogen-bond acceptors (Lipinski definition) is 3. The molecule has 0 bridgehead atoms. The molecule has 0 fully saturated rings. The minimum absolute atomic E-state index is 0.201. The lowest BCUT2D eigenvalue weighted by atomic mass is 10.0. The number of hydrogen-bond donors (Lipinski definition) is 4. The van der Waals surface area contributed by atoms with Gasteiger partial charge in [0.15, 0.2) is 0 Å². The van der Waals surface area contributed by atoms with Crippen molar-refractivity contribution in [1.82, 2.24) is 16.0 Å². The van der Waals surface area contributed by atoms with Crippen LogP contribution in [0.2, 0.25) is 0 Å². The van der Waals surface area contributed by atoms with Gasteiger partial charge in [-0.15, -0.1) is 0 Å². The van der Waals surface area contributed by atoms with Crippen LogP contribution in [0.1, 0.15) is 24.1 Å². The zero-order chi connectivity index (χ0) is 15.8. The van der Waals surface area contributed by atoms with Crippen LogP contribution >= 0.6 is 0 Å². The van der Waals surface area contributed by atoms with Crippen LogP contribution in [-0.4, -0.2) is 36.1 Å². The van der Waals surface area contributed by atoms with Gasteiger partial charge in [-0.25, -0.2) is 4.79 Å². The Morgan fingerprint density at radius 2 is 1.81 bits per heavy atom. The van der Waals surface area contributed by atoms with E-state index < -0.39 is 24.5 Å². The van der Waals surface area contributed by atoms with Crippen LogP contribution in [0.3, 0.4) is 0 Å². The van der Waals surface area contributed by atoms with Crippen molar-refractivity contribution in [3.05, 3.63) is 35.4 Å². The molecule has 114 valence electrons. The van der Waals surface area contributed by atoms with E-state index in [0.29, 0.717) is 0 Å². The Balaban J connectivity index is 2.38. The lowest BCUT2D eigenvalue weighted by Crippen LogP contribution is -2.43. The second kappa shape index (κ2) is 7.88. The van der Waals surface area contributed by atoms with Crippen molar-refractivity contribution in [3.8, 4) is 0 Å². The second-order valence-electron chi connectivity index (χ2n) is 4.58. The molecule has 1 atom stereocenters. The number of carboxylic acid groups (broad SMARTS) is 1. The summed E-state index contributed by atoms with van der Waals surface area (Å²) in [5.41, 5.74) is 2.05. The molecule has 0 aliphatic heterocycles. The molecule has 21 heavy (non-hydrogen) atoms.